The minimum atomic E-state index is -1.28. The molecule has 0 unspecified atom stereocenters. The first-order valence-electron chi connectivity index (χ1n) is 13.6. The molecule has 0 spiro atoms. The molecule has 224 valence electrons. The van der Waals surface area contributed by atoms with Crippen molar-refractivity contribution in [2.24, 2.45) is 0 Å². The van der Waals surface area contributed by atoms with Crippen molar-refractivity contribution >= 4 is 35.2 Å². The van der Waals surface area contributed by atoms with E-state index in [0.717, 1.165) is 0 Å². The molecule has 0 aliphatic carbocycles. The molecule has 10 heteroatoms. The Labute approximate surface area is 252 Å². The Hall–Kier alpha value is -4.31. The van der Waals surface area contributed by atoms with Gasteiger partial charge in [0.25, 0.3) is 5.91 Å². The van der Waals surface area contributed by atoms with E-state index in [-0.39, 0.29) is 18.2 Å². The molecule has 0 aliphatic rings. The predicted molar refractivity (Wildman–Crippen MR) is 163 cm³/mol. The number of hydrogen-bond acceptors (Lipinski definition) is 4. The maximum Gasteiger partial charge on any atom is 0.305 e. The molecule has 3 aromatic carbocycles. The van der Waals surface area contributed by atoms with E-state index < -0.39 is 42.1 Å². The molecule has 4 N–H and O–H groups in total. The fraction of sp³-hybridized carbons (Fsp3) is 0.212. The summed E-state index contributed by atoms with van der Waals surface area (Å²) in [6.45, 7) is 3.73. The van der Waals surface area contributed by atoms with Gasteiger partial charge in [0.15, 0.2) is 0 Å². The minimum absolute atomic E-state index is 0.223. The van der Waals surface area contributed by atoms with Crippen LogP contribution in [0.4, 0.5) is 14.5 Å². The molecule has 0 saturated carbocycles. The molecule has 1 amide bonds. The van der Waals surface area contributed by atoms with E-state index in [1.54, 1.807) is 59.2 Å². The lowest BCUT2D eigenvalue weighted by molar-refractivity contribution is -0.139. The molecule has 0 saturated heterocycles. The normalized spacial score (nSPS) is 12.9. The lowest BCUT2D eigenvalue weighted by Gasteiger charge is -2.17. The van der Waals surface area contributed by atoms with Gasteiger partial charge in [-0.3, -0.25) is 9.59 Å². The molecule has 0 bridgehead atoms. The van der Waals surface area contributed by atoms with Gasteiger partial charge >= 0.3 is 5.97 Å². The van der Waals surface area contributed by atoms with Crippen LogP contribution in [-0.2, 0) is 4.79 Å². The number of nitrogens with one attached hydrogen (secondary N) is 1. The third-order valence-corrected chi connectivity index (χ3v) is 6.96. The van der Waals surface area contributed by atoms with Crippen molar-refractivity contribution in [3.8, 4) is 22.3 Å². The summed E-state index contributed by atoms with van der Waals surface area (Å²) < 4.78 is 29.8. The molecule has 2 atom stereocenters. The van der Waals surface area contributed by atoms with Crippen LogP contribution in [0, 0.1) is 11.6 Å². The monoisotopic (exact) mass is 608 g/mol. The van der Waals surface area contributed by atoms with Gasteiger partial charge < -0.3 is 25.2 Å². The summed E-state index contributed by atoms with van der Waals surface area (Å²) in [5, 5.41) is 32.9. The first-order chi connectivity index (χ1) is 20.4. The standard InChI is InChI=1S/C33H31ClF2N2O5/c1-19(2)38-28(15-14-26(39)17-27(40)18-29(41)42)30(20-6-10-23(35)11-7-20)31(21-8-12-24(36)13-9-21)32(38)33(43)37-25-5-3-4-22(34)16-25/h3-16,19,26-27,39-40H,17-18H2,1-2H3,(H,37,43)(H,41,42)/b15-14+/t26-,27-/m1/s1. The van der Waals surface area contributed by atoms with Crippen molar-refractivity contribution in [1.82, 2.24) is 4.57 Å². The van der Waals surface area contributed by atoms with Gasteiger partial charge in [-0.25, -0.2) is 8.78 Å². The average Bonchev–Trinajstić information content (AvgIpc) is 3.28. The number of carbonyl (C=O) groups is 2. The molecule has 1 heterocycles. The number of carbonyl (C=O) groups excluding carboxylic acids is 1. The van der Waals surface area contributed by atoms with Crippen molar-refractivity contribution in [1.29, 1.82) is 0 Å². The van der Waals surface area contributed by atoms with Crippen LogP contribution in [0.15, 0.2) is 78.9 Å². The van der Waals surface area contributed by atoms with Crippen LogP contribution in [-0.4, -0.2) is 44.0 Å². The Bertz CT molecular complexity index is 1630. The highest BCUT2D eigenvalue weighted by Gasteiger charge is 2.29. The summed E-state index contributed by atoms with van der Waals surface area (Å²) in [7, 11) is 0. The van der Waals surface area contributed by atoms with Crippen molar-refractivity contribution in [3.05, 3.63) is 107 Å². The molecule has 4 aromatic rings. The number of benzene rings is 3. The smallest absolute Gasteiger partial charge is 0.305 e. The van der Waals surface area contributed by atoms with Gasteiger partial charge in [-0.05, 0) is 73.5 Å². The molecule has 0 fully saturated rings. The fourth-order valence-corrected chi connectivity index (χ4v) is 5.13. The van der Waals surface area contributed by atoms with Crippen LogP contribution in [0.1, 0.15) is 48.9 Å². The van der Waals surface area contributed by atoms with Crippen LogP contribution >= 0.6 is 11.6 Å². The van der Waals surface area contributed by atoms with Crippen molar-refractivity contribution in [2.45, 2.75) is 44.9 Å². The van der Waals surface area contributed by atoms with Crippen LogP contribution < -0.4 is 5.32 Å². The number of aromatic nitrogens is 1. The van der Waals surface area contributed by atoms with Gasteiger partial charge in [-0.2, -0.15) is 0 Å². The first-order valence-corrected chi connectivity index (χ1v) is 14.0. The number of carboxylic acid groups (broad SMARTS) is 1. The summed E-state index contributed by atoms with van der Waals surface area (Å²) in [6, 6.07) is 17.7. The average molecular weight is 609 g/mol. The highest BCUT2D eigenvalue weighted by molar-refractivity contribution is 6.31. The number of aliphatic hydroxyl groups excluding tert-OH is 2. The number of nitrogens with zero attached hydrogens (tertiary/aromatic N) is 1. The zero-order valence-corrected chi connectivity index (χ0v) is 24.2. The second-order valence-corrected chi connectivity index (χ2v) is 10.8. The van der Waals surface area contributed by atoms with E-state index in [9.17, 15) is 28.6 Å². The molecule has 4 rings (SSSR count). The predicted octanol–water partition coefficient (Wildman–Crippen LogP) is 7.19. The highest BCUT2D eigenvalue weighted by Crippen LogP contribution is 2.43. The second kappa shape index (κ2) is 13.8. The van der Waals surface area contributed by atoms with Gasteiger partial charge in [0.2, 0.25) is 0 Å². The number of carboxylic acids is 1. The van der Waals surface area contributed by atoms with Gasteiger partial charge in [0, 0.05) is 40.0 Å². The van der Waals surface area contributed by atoms with Crippen LogP contribution in [0.3, 0.4) is 0 Å². The number of anilines is 1. The van der Waals surface area contributed by atoms with Crippen molar-refractivity contribution in [2.75, 3.05) is 5.32 Å². The van der Waals surface area contributed by atoms with E-state index in [1.807, 2.05) is 13.8 Å². The second-order valence-electron chi connectivity index (χ2n) is 10.3. The summed E-state index contributed by atoms with van der Waals surface area (Å²) in [5.41, 5.74) is 3.18. The Morgan fingerprint density at radius 3 is 2.05 bits per heavy atom. The first kappa shape index (κ1) is 31.6. The van der Waals surface area contributed by atoms with Crippen LogP contribution in [0.25, 0.3) is 28.3 Å². The Morgan fingerprint density at radius 1 is 0.930 bits per heavy atom. The zero-order valence-electron chi connectivity index (χ0n) is 23.5. The van der Waals surface area contributed by atoms with Crippen LogP contribution in [0.2, 0.25) is 5.02 Å². The molecule has 0 radical (unpaired) electrons. The minimum Gasteiger partial charge on any atom is -0.481 e. The lowest BCUT2D eigenvalue weighted by atomic mass is 9.94. The molecule has 0 aliphatic heterocycles. The Kier molecular flexibility index (Phi) is 10.1. The van der Waals surface area contributed by atoms with E-state index in [4.69, 9.17) is 16.7 Å². The lowest BCUT2D eigenvalue weighted by Crippen LogP contribution is -2.20. The molecular weight excluding hydrogens is 578 g/mol. The number of hydrogen-bond donors (Lipinski definition) is 4. The Balaban J connectivity index is 1.98. The SMILES string of the molecule is CC(C)n1c(/C=C/[C@@H](O)C[C@@H](O)CC(=O)O)c(-c2ccc(F)cc2)c(-c2ccc(F)cc2)c1C(=O)Nc1cccc(Cl)c1. The van der Waals surface area contributed by atoms with Crippen LogP contribution in [0.5, 0.6) is 0 Å². The summed E-state index contributed by atoms with van der Waals surface area (Å²) in [4.78, 5) is 25.0. The zero-order chi connectivity index (χ0) is 31.3. The summed E-state index contributed by atoms with van der Waals surface area (Å²) >= 11 is 6.15. The van der Waals surface area contributed by atoms with Gasteiger partial charge in [-0.15, -0.1) is 0 Å². The van der Waals surface area contributed by atoms with E-state index in [0.29, 0.717) is 38.7 Å². The summed E-state index contributed by atoms with van der Waals surface area (Å²) in [5.74, 6) is -2.62. The maximum absolute atomic E-state index is 14.1. The van der Waals surface area contributed by atoms with Gasteiger partial charge in [0.05, 0.1) is 18.6 Å². The van der Waals surface area contributed by atoms with Gasteiger partial charge in [-0.1, -0.05) is 48.0 Å². The van der Waals surface area contributed by atoms with Gasteiger partial charge in [0.1, 0.15) is 17.3 Å². The quantitative estimate of drug-likeness (QED) is 0.144. The molecular formula is C33H31ClF2N2O5. The fourth-order valence-electron chi connectivity index (χ4n) is 4.94. The highest BCUT2D eigenvalue weighted by atomic mass is 35.5. The molecule has 7 nitrogen and oxygen atoms in total. The number of rotatable bonds is 11. The number of amides is 1. The summed E-state index contributed by atoms with van der Waals surface area (Å²) in [6.07, 6.45) is -0.275. The van der Waals surface area contributed by atoms with E-state index in [1.165, 1.54) is 30.3 Å². The number of aliphatic carboxylic acids is 1. The molecule has 43 heavy (non-hydrogen) atoms. The third-order valence-electron chi connectivity index (χ3n) is 6.72. The number of aliphatic hydroxyl groups is 2. The van der Waals surface area contributed by atoms with E-state index >= 15 is 0 Å². The topological polar surface area (TPSA) is 112 Å². The largest absolute Gasteiger partial charge is 0.481 e. The third kappa shape index (κ3) is 7.75. The Morgan fingerprint density at radius 2 is 1.51 bits per heavy atom. The van der Waals surface area contributed by atoms with Crippen molar-refractivity contribution in [3.63, 3.8) is 0 Å². The van der Waals surface area contributed by atoms with E-state index in [2.05, 4.69) is 5.32 Å². The molecule has 1 aromatic heterocycles. The number of halogens is 3. The van der Waals surface area contributed by atoms with Crippen molar-refractivity contribution < 1.29 is 33.7 Å². The maximum atomic E-state index is 14.1.